The van der Waals surface area contributed by atoms with Gasteiger partial charge in [-0.3, -0.25) is 4.79 Å². The number of nitrogens with two attached hydrogens (primary N) is 1. The Balaban J connectivity index is 1.67. The van der Waals surface area contributed by atoms with Crippen molar-refractivity contribution in [3.63, 3.8) is 0 Å². The standard InChI is InChI=1S/C13H15N7O/c14-5-13(21)15-6-9-7-20(19-18-9)8-12-16-10-3-1-2-4-11(10)17-12/h1-4,7H,5-6,8,14H2,(H,15,21)(H,16,17). The maximum absolute atomic E-state index is 11.1. The molecule has 0 fully saturated rings. The van der Waals surface area contributed by atoms with Crippen molar-refractivity contribution in [1.29, 1.82) is 0 Å². The molecule has 3 aromatic rings. The Hall–Kier alpha value is -2.74. The van der Waals surface area contributed by atoms with E-state index in [1.54, 1.807) is 10.9 Å². The van der Waals surface area contributed by atoms with Gasteiger partial charge in [-0.05, 0) is 12.1 Å². The van der Waals surface area contributed by atoms with Crippen molar-refractivity contribution in [2.75, 3.05) is 6.54 Å². The number of imidazole rings is 1. The van der Waals surface area contributed by atoms with Crippen LogP contribution in [-0.2, 0) is 17.9 Å². The van der Waals surface area contributed by atoms with E-state index in [2.05, 4.69) is 25.6 Å². The molecule has 0 aliphatic carbocycles. The van der Waals surface area contributed by atoms with Crippen molar-refractivity contribution in [2.45, 2.75) is 13.1 Å². The molecule has 3 rings (SSSR count). The van der Waals surface area contributed by atoms with Crippen LogP contribution < -0.4 is 11.1 Å². The molecule has 1 aromatic carbocycles. The van der Waals surface area contributed by atoms with Gasteiger partial charge in [0, 0.05) is 0 Å². The molecule has 4 N–H and O–H groups in total. The predicted octanol–water partition coefficient (Wildman–Crippen LogP) is -0.222. The van der Waals surface area contributed by atoms with Crippen LogP contribution in [0, 0.1) is 0 Å². The van der Waals surface area contributed by atoms with E-state index in [1.165, 1.54) is 0 Å². The minimum absolute atomic E-state index is 0.0346. The Morgan fingerprint density at radius 1 is 1.38 bits per heavy atom. The lowest BCUT2D eigenvalue weighted by Crippen LogP contribution is -2.29. The lowest BCUT2D eigenvalue weighted by Gasteiger charge is -1.98. The maximum atomic E-state index is 11.1. The van der Waals surface area contributed by atoms with Gasteiger partial charge in [0.1, 0.15) is 18.1 Å². The molecule has 0 saturated heterocycles. The largest absolute Gasteiger partial charge is 0.349 e. The summed E-state index contributed by atoms with van der Waals surface area (Å²) in [7, 11) is 0. The number of fused-ring (bicyclic) bond motifs is 1. The minimum Gasteiger partial charge on any atom is -0.349 e. The van der Waals surface area contributed by atoms with Crippen LogP contribution in [0.1, 0.15) is 11.5 Å². The van der Waals surface area contributed by atoms with Crippen molar-refractivity contribution in [2.24, 2.45) is 5.73 Å². The van der Waals surface area contributed by atoms with E-state index in [-0.39, 0.29) is 12.5 Å². The third kappa shape index (κ3) is 3.06. The number of hydrogen-bond donors (Lipinski definition) is 3. The topological polar surface area (TPSA) is 115 Å². The highest BCUT2D eigenvalue weighted by Crippen LogP contribution is 2.10. The molecule has 21 heavy (non-hydrogen) atoms. The molecule has 2 aromatic heterocycles. The van der Waals surface area contributed by atoms with Crippen LogP contribution in [0.2, 0.25) is 0 Å². The van der Waals surface area contributed by atoms with Gasteiger partial charge >= 0.3 is 0 Å². The van der Waals surface area contributed by atoms with Crippen LogP contribution in [0.25, 0.3) is 11.0 Å². The van der Waals surface area contributed by atoms with Gasteiger partial charge in [-0.25, -0.2) is 9.67 Å². The van der Waals surface area contributed by atoms with Crippen molar-refractivity contribution in [1.82, 2.24) is 30.3 Å². The molecule has 8 nitrogen and oxygen atoms in total. The molecule has 0 spiro atoms. The Labute approximate surface area is 120 Å². The number of hydrogen-bond acceptors (Lipinski definition) is 5. The van der Waals surface area contributed by atoms with Crippen LogP contribution in [0.4, 0.5) is 0 Å². The number of benzene rings is 1. The van der Waals surface area contributed by atoms with E-state index >= 15 is 0 Å². The van der Waals surface area contributed by atoms with Gasteiger partial charge in [-0.2, -0.15) is 0 Å². The van der Waals surface area contributed by atoms with Crippen molar-refractivity contribution in [3.05, 3.63) is 42.0 Å². The van der Waals surface area contributed by atoms with E-state index < -0.39 is 0 Å². The van der Waals surface area contributed by atoms with Crippen LogP contribution in [0.15, 0.2) is 30.5 Å². The van der Waals surface area contributed by atoms with Crippen molar-refractivity contribution < 1.29 is 4.79 Å². The molecular formula is C13H15N7O. The smallest absolute Gasteiger partial charge is 0.234 e. The summed E-state index contributed by atoms with van der Waals surface area (Å²) in [5, 5.41) is 10.6. The number of carbonyl (C=O) groups excluding carboxylic acids is 1. The van der Waals surface area contributed by atoms with Crippen LogP contribution >= 0.6 is 0 Å². The highest BCUT2D eigenvalue weighted by molar-refractivity contribution is 5.77. The number of H-pyrrole nitrogens is 1. The highest BCUT2D eigenvalue weighted by atomic mass is 16.1. The zero-order chi connectivity index (χ0) is 14.7. The number of carbonyl (C=O) groups is 1. The molecule has 0 aliphatic rings. The zero-order valence-corrected chi connectivity index (χ0v) is 11.3. The number of nitrogens with one attached hydrogen (secondary N) is 2. The Kier molecular flexibility index (Phi) is 3.61. The van der Waals surface area contributed by atoms with Gasteiger partial charge < -0.3 is 16.0 Å². The summed E-state index contributed by atoms with van der Waals surface area (Å²) in [6.45, 7) is 0.774. The Morgan fingerprint density at radius 3 is 3.05 bits per heavy atom. The predicted molar refractivity (Wildman–Crippen MR) is 76.1 cm³/mol. The molecule has 108 valence electrons. The summed E-state index contributed by atoms with van der Waals surface area (Å²) in [6.07, 6.45) is 1.77. The minimum atomic E-state index is -0.221. The first-order valence-electron chi connectivity index (χ1n) is 6.54. The Morgan fingerprint density at radius 2 is 2.24 bits per heavy atom. The molecule has 0 bridgehead atoms. The first kappa shape index (κ1) is 13.3. The van der Waals surface area contributed by atoms with Crippen LogP contribution in [0.5, 0.6) is 0 Å². The number of aromatic nitrogens is 5. The van der Waals surface area contributed by atoms with Gasteiger partial charge in [-0.15, -0.1) is 5.10 Å². The summed E-state index contributed by atoms with van der Waals surface area (Å²) in [4.78, 5) is 18.8. The van der Waals surface area contributed by atoms with Gasteiger partial charge in [0.25, 0.3) is 0 Å². The molecule has 8 heteroatoms. The zero-order valence-electron chi connectivity index (χ0n) is 11.3. The second-order valence-corrected chi connectivity index (χ2v) is 4.59. The van der Waals surface area contributed by atoms with Gasteiger partial charge in [0.15, 0.2) is 0 Å². The average Bonchev–Trinajstić information content (AvgIpc) is 3.10. The summed E-state index contributed by atoms with van der Waals surface area (Å²) in [5.74, 6) is 0.584. The second kappa shape index (κ2) is 5.71. The Bertz CT molecular complexity index is 728. The molecule has 0 unspecified atom stereocenters. The number of para-hydroxylation sites is 2. The van der Waals surface area contributed by atoms with Gasteiger partial charge in [0.05, 0.1) is 30.3 Å². The third-order valence-electron chi connectivity index (χ3n) is 2.99. The summed E-state index contributed by atoms with van der Waals surface area (Å²) in [5.41, 5.74) is 7.80. The lowest BCUT2D eigenvalue weighted by molar-refractivity contribution is -0.119. The average molecular weight is 285 g/mol. The summed E-state index contributed by atoms with van der Waals surface area (Å²) in [6, 6.07) is 7.82. The first-order chi connectivity index (χ1) is 10.2. The summed E-state index contributed by atoms with van der Waals surface area (Å²) >= 11 is 0. The quantitative estimate of drug-likeness (QED) is 0.599. The van der Waals surface area contributed by atoms with Gasteiger partial charge in [-0.1, -0.05) is 17.3 Å². The first-order valence-corrected chi connectivity index (χ1v) is 6.54. The van der Waals surface area contributed by atoms with Crippen LogP contribution in [-0.4, -0.2) is 37.4 Å². The van der Waals surface area contributed by atoms with E-state index in [0.717, 1.165) is 16.9 Å². The maximum Gasteiger partial charge on any atom is 0.234 e. The van der Waals surface area contributed by atoms with Crippen molar-refractivity contribution in [3.8, 4) is 0 Å². The monoisotopic (exact) mass is 285 g/mol. The fraction of sp³-hybridized carbons (Fsp3) is 0.231. The third-order valence-corrected chi connectivity index (χ3v) is 2.99. The SMILES string of the molecule is NCC(=O)NCc1cn(Cc2nc3ccccc3[nH]2)nn1. The molecule has 0 atom stereocenters. The molecule has 0 radical (unpaired) electrons. The van der Waals surface area contributed by atoms with Crippen LogP contribution in [0.3, 0.4) is 0 Å². The fourth-order valence-electron chi connectivity index (χ4n) is 1.99. The molecule has 0 aliphatic heterocycles. The number of rotatable bonds is 5. The van der Waals surface area contributed by atoms with E-state index in [4.69, 9.17) is 5.73 Å². The molecule has 2 heterocycles. The van der Waals surface area contributed by atoms with Gasteiger partial charge in [0.2, 0.25) is 5.91 Å². The van der Waals surface area contributed by atoms with Crippen molar-refractivity contribution >= 4 is 16.9 Å². The van der Waals surface area contributed by atoms with E-state index in [0.29, 0.717) is 18.8 Å². The fourth-order valence-corrected chi connectivity index (χ4v) is 1.99. The molecule has 0 saturated carbocycles. The summed E-state index contributed by atoms with van der Waals surface area (Å²) < 4.78 is 1.67. The van der Waals surface area contributed by atoms with E-state index in [9.17, 15) is 4.79 Å². The van der Waals surface area contributed by atoms with E-state index in [1.807, 2.05) is 24.3 Å². The highest BCUT2D eigenvalue weighted by Gasteiger charge is 2.06. The number of aromatic amines is 1. The lowest BCUT2D eigenvalue weighted by atomic mass is 10.3. The number of nitrogens with zero attached hydrogens (tertiary/aromatic N) is 4. The normalized spacial score (nSPS) is 10.9. The second-order valence-electron chi connectivity index (χ2n) is 4.59. The molecule has 1 amide bonds. The molecular weight excluding hydrogens is 270 g/mol. The number of amides is 1.